The Morgan fingerprint density at radius 3 is 2.68 bits per heavy atom. The van der Waals surface area contributed by atoms with Gasteiger partial charge in [0.2, 0.25) is 0 Å². The van der Waals surface area contributed by atoms with Gasteiger partial charge >= 0.3 is 0 Å². The van der Waals surface area contributed by atoms with Crippen molar-refractivity contribution in [1.29, 1.82) is 0 Å². The second-order valence-corrected chi connectivity index (χ2v) is 4.99. The first-order valence-corrected chi connectivity index (χ1v) is 6.50. The van der Waals surface area contributed by atoms with Crippen LogP contribution in [-0.2, 0) is 6.42 Å². The summed E-state index contributed by atoms with van der Waals surface area (Å²) in [5.74, 6) is 0.0649. The Balaban J connectivity index is 2.25. The Hall–Kier alpha value is -1.68. The molecule has 0 amide bonds. The number of ketones is 1. The number of carbonyl (C=O) groups is 1. The quantitative estimate of drug-likeness (QED) is 0.795. The molecule has 0 heterocycles. The summed E-state index contributed by atoms with van der Waals surface area (Å²) in [5, 5.41) is 0. The van der Waals surface area contributed by atoms with Gasteiger partial charge in [0.1, 0.15) is 11.6 Å². The van der Waals surface area contributed by atoms with Crippen molar-refractivity contribution in [3.05, 3.63) is 63.9 Å². The highest BCUT2D eigenvalue weighted by atomic mass is 79.9. The Morgan fingerprint density at radius 1 is 1.26 bits per heavy atom. The van der Waals surface area contributed by atoms with Gasteiger partial charge in [-0.1, -0.05) is 28.1 Å². The van der Waals surface area contributed by atoms with E-state index in [0.717, 1.165) is 0 Å². The van der Waals surface area contributed by atoms with E-state index in [1.54, 1.807) is 30.3 Å². The third-order valence-corrected chi connectivity index (χ3v) is 3.15. The Morgan fingerprint density at radius 2 is 2.00 bits per heavy atom. The van der Waals surface area contributed by atoms with Gasteiger partial charge in [0.25, 0.3) is 0 Å². The number of benzene rings is 2. The summed E-state index contributed by atoms with van der Waals surface area (Å²) in [4.78, 5) is 12.2. The smallest absolute Gasteiger partial charge is 0.170 e. The summed E-state index contributed by atoms with van der Waals surface area (Å²) in [5.41, 5.74) is 1.13. The number of halogens is 2. The number of methoxy groups -OCH3 is 1. The Kier molecular flexibility index (Phi) is 4.32. The molecular formula is C15H12BrFO2. The molecule has 0 N–H and O–H groups in total. The fraction of sp³-hybridized carbons (Fsp3) is 0.133. The molecule has 0 aliphatic heterocycles. The predicted molar refractivity (Wildman–Crippen MR) is 75.1 cm³/mol. The number of hydrogen-bond donors (Lipinski definition) is 0. The van der Waals surface area contributed by atoms with Crippen LogP contribution in [0.25, 0.3) is 0 Å². The highest BCUT2D eigenvalue weighted by molar-refractivity contribution is 9.10. The first kappa shape index (κ1) is 13.7. The lowest BCUT2D eigenvalue weighted by Gasteiger charge is -2.07. The summed E-state index contributed by atoms with van der Waals surface area (Å²) in [6.45, 7) is 0. The molecule has 0 fully saturated rings. The van der Waals surface area contributed by atoms with Gasteiger partial charge in [0.05, 0.1) is 12.7 Å². The van der Waals surface area contributed by atoms with Crippen molar-refractivity contribution in [2.75, 3.05) is 7.11 Å². The molecule has 0 atom stereocenters. The van der Waals surface area contributed by atoms with E-state index >= 15 is 0 Å². The standard InChI is InChI=1S/C15H12BrFO2/c1-19-15-5-3-2-4-13(15)14(18)8-10-6-11(16)9-12(17)7-10/h2-7,9H,8H2,1H3. The maximum Gasteiger partial charge on any atom is 0.170 e. The summed E-state index contributed by atoms with van der Waals surface area (Å²) >= 11 is 3.21. The van der Waals surface area contributed by atoms with E-state index in [1.807, 2.05) is 0 Å². The molecule has 0 aliphatic rings. The van der Waals surface area contributed by atoms with Gasteiger partial charge in [-0.2, -0.15) is 0 Å². The zero-order valence-electron chi connectivity index (χ0n) is 10.3. The van der Waals surface area contributed by atoms with Crippen molar-refractivity contribution in [1.82, 2.24) is 0 Å². The van der Waals surface area contributed by atoms with Crippen molar-refractivity contribution >= 4 is 21.7 Å². The second-order valence-electron chi connectivity index (χ2n) is 4.08. The number of hydrogen-bond acceptors (Lipinski definition) is 2. The minimum atomic E-state index is -0.364. The van der Waals surface area contributed by atoms with Crippen LogP contribution in [0, 0.1) is 5.82 Å². The molecule has 2 rings (SSSR count). The number of ether oxygens (including phenoxy) is 1. The van der Waals surface area contributed by atoms with Gasteiger partial charge in [-0.3, -0.25) is 4.79 Å². The first-order chi connectivity index (χ1) is 9.10. The van der Waals surface area contributed by atoms with Crippen LogP contribution in [0.2, 0.25) is 0 Å². The zero-order chi connectivity index (χ0) is 13.8. The lowest BCUT2D eigenvalue weighted by atomic mass is 10.0. The highest BCUT2D eigenvalue weighted by Gasteiger charge is 2.12. The largest absolute Gasteiger partial charge is 0.496 e. The first-order valence-electron chi connectivity index (χ1n) is 5.71. The molecule has 0 aromatic heterocycles. The molecule has 4 heteroatoms. The molecule has 0 spiro atoms. The topological polar surface area (TPSA) is 26.3 Å². The average molecular weight is 323 g/mol. The van der Waals surface area contributed by atoms with Crippen LogP contribution in [0.4, 0.5) is 4.39 Å². The van der Waals surface area contributed by atoms with Gasteiger partial charge in [-0.15, -0.1) is 0 Å². The van der Waals surface area contributed by atoms with Crippen LogP contribution in [-0.4, -0.2) is 12.9 Å². The third-order valence-electron chi connectivity index (χ3n) is 2.69. The molecule has 0 aliphatic carbocycles. The van der Waals surface area contributed by atoms with E-state index in [4.69, 9.17) is 4.74 Å². The van der Waals surface area contributed by atoms with Gasteiger partial charge in [-0.05, 0) is 35.9 Å². The number of para-hydroxylation sites is 1. The lowest BCUT2D eigenvalue weighted by Crippen LogP contribution is -2.06. The summed E-state index contributed by atoms with van der Waals surface area (Å²) in [7, 11) is 1.52. The van der Waals surface area contributed by atoms with E-state index in [1.165, 1.54) is 19.2 Å². The van der Waals surface area contributed by atoms with Crippen LogP contribution in [0.5, 0.6) is 5.75 Å². The molecule has 98 valence electrons. The van der Waals surface area contributed by atoms with E-state index in [-0.39, 0.29) is 18.0 Å². The molecule has 0 saturated heterocycles. The van der Waals surface area contributed by atoms with Gasteiger partial charge in [-0.25, -0.2) is 4.39 Å². The molecule has 0 radical (unpaired) electrons. The van der Waals surface area contributed by atoms with Crippen molar-refractivity contribution in [3.8, 4) is 5.75 Å². The van der Waals surface area contributed by atoms with Crippen molar-refractivity contribution in [3.63, 3.8) is 0 Å². The molecule has 0 saturated carbocycles. The van der Waals surface area contributed by atoms with Crippen molar-refractivity contribution < 1.29 is 13.9 Å². The fourth-order valence-corrected chi connectivity index (χ4v) is 2.38. The van der Waals surface area contributed by atoms with Crippen LogP contribution in [0.3, 0.4) is 0 Å². The molecule has 0 bridgehead atoms. The third kappa shape index (κ3) is 3.41. The van der Waals surface area contributed by atoms with Crippen LogP contribution in [0.1, 0.15) is 15.9 Å². The minimum Gasteiger partial charge on any atom is -0.496 e. The zero-order valence-corrected chi connectivity index (χ0v) is 11.9. The van der Waals surface area contributed by atoms with Gasteiger partial charge in [0, 0.05) is 10.9 Å². The monoisotopic (exact) mass is 322 g/mol. The Bertz CT molecular complexity index is 591. The highest BCUT2D eigenvalue weighted by Crippen LogP contribution is 2.21. The molecule has 2 nitrogen and oxygen atoms in total. The normalized spacial score (nSPS) is 10.3. The number of carbonyl (C=O) groups excluding carboxylic acids is 1. The summed E-state index contributed by atoms with van der Waals surface area (Å²) in [6, 6.07) is 11.5. The molecule has 19 heavy (non-hydrogen) atoms. The average Bonchev–Trinajstić information content (AvgIpc) is 2.37. The lowest BCUT2D eigenvalue weighted by molar-refractivity contribution is 0.0990. The number of Topliss-reactive ketones (excluding diaryl/α,β-unsaturated/α-hetero) is 1. The molecule has 2 aromatic rings. The van der Waals surface area contributed by atoms with E-state index in [2.05, 4.69) is 15.9 Å². The van der Waals surface area contributed by atoms with E-state index in [9.17, 15) is 9.18 Å². The maximum atomic E-state index is 13.3. The summed E-state index contributed by atoms with van der Waals surface area (Å²) in [6.07, 6.45) is 0.136. The van der Waals surface area contributed by atoms with Crippen LogP contribution in [0.15, 0.2) is 46.9 Å². The maximum absolute atomic E-state index is 13.3. The SMILES string of the molecule is COc1ccccc1C(=O)Cc1cc(F)cc(Br)c1. The van der Waals surface area contributed by atoms with Crippen molar-refractivity contribution in [2.24, 2.45) is 0 Å². The summed E-state index contributed by atoms with van der Waals surface area (Å²) < 4.78 is 19.0. The molecular weight excluding hydrogens is 311 g/mol. The van der Waals surface area contributed by atoms with Gasteiger partial charge < -0.3 is 4.74 Å². The minimum absolute atomic E-state index is 0.102. The van der Waals surface area contributed by atoms with Crippen LogP contribution >= 0.6 is 15.9 Å². The predicted octanol–water partition coefficient (Wildman–Crippen LogP) is 4.02. The fourth-order valence-electron chi connectivity index (χ4n) is 1.87. The Labute approximate surface area is 119 Å². The number of rotatable bonds is 4. The van der Waals surface area contributed by atoms with Gasteiger partial charge in [0.15, 0.2) is 5.78 Å². The van der Waals surface area contributed by atoms with E-state index in [0.29, 0.717) is 21.3 Å². The van der Waals surface area contributed by atoms with E-state index < -0.39 is 0 Å². The van der Waals surface area contributed by atoms with Crippen molar-refractivity contribution in [2.45, 2.75) is 6.42 Å². The second kappa shape index (κ2) is 5.97. The van der Waals surface area contributed by atoms with Crippen LogP contribution < -0.4 is 4.74 Å². The molecule has 0 unspecified atom stereocenters. The molecule has 2 aromatic carbocycles.